The van der Waals surface area contributed by atoms with E-state index in [-0.39, 0.29) is 5.41 Å². The third-order valence-electron chi connectivity index (χ3n) is 3.08. The molecule has 0 aliphatic heterocycles. The summed E-state index contributed by atoms with van der Waals surface area (Å²) in [5.41, 5.74) is 6.98. The van der Waals surface area contributed by atoms with Crippen molar-refractivity contribution in [2.45, 2.75) is 46.0 Å². The molecule has 2 aromatic rings. The summed E-state index contributed by atoms with van der Waals surface area (Å²) in [5, 5.41) is 0. The van der Waals surface area contributed by atoms with Gasteiger partial charge in [0.15, 0.2) is 0 Å². The van der Waals surface area contributed by atoms with E-state index in [9.17, 15) is 0 Å². The maximum absolute atomic E-state index is 5.84. The van der Waals surface area contributed by atoms with Crippen LogP contribution in [0, 0.1) is 0 Å². The molecule has 4 heteroatoms. The highest BCUT2D eigenvalue weighted by Crippen LogP contribution is 2.25. The molecule has 0 saturated carbocycles. The monoisotopic (exact) mass is 285 g/mol. The van der Waals surface area contributed by atoms with E-state index in [1.807, 2.05) is 32.9 Å². The molecule has 0 aliphatic rings. The number of nitrogens with zero attached hydrogens (tertiary/aromatic N) is 2. The summed E-state index contributed by atoms with van der Waals surface area (Å²) in [4.78, 5) is 8.72. The van der Waals surface area contributed by atoms with Crippen molar-refractivity contribution in [1.82, 2.24) is 9.97 Å². The molecule has 0 amide bonds. The van der Waals surface area contributed by atoms with Crippen LogP contribution in [0.3, 0.4) is 0 Å². The lowest BCUT2D eigenvalue weighted by atomic mass is 9.96. The first-order valence-electron chi connectivity index (χ1n) is 7.30. The van der Waals surface area contributed by atoms with Crippen LogP contribution >= 0.6 is 0 Å². The summed E-state index contributed by atoms with van der Waals surface area (Å²) in [6, 6.07) is 9.72. The van der Waals surface area contributed by atoms with E-state index in [1.165, 1.54) is 5.56 Å². The molecular weight excluding hydrogens is 262 g/mol. The predicted molar refractivity (Wildman–Crippen MR) is 85.7 cm³/mol. The van der Waals surface area contributed by atoms with Gasteiger partial charge in [-0.1, -0.05) is 46.2 Å². The summed E-state index contributed by atoms with van der Waals surface area (Å²) in [6.07, 6.45) is 2.21. The maximum atomic E-state index is 5.84. The number of aryl methyl sites for hydroxylation is 1. The molecule has 0 bridgehead atoms. The fraction of sp³-hybridized carbons (Fsp3) is 0.412. The molecule has 0 fully saturated rings. The second-order valence-electron chi connectivity index (χ2n) is 6.20. The molecule has 0 aliphatic carbocycles. The van der Waals surface area contributed by atoms with Crippen molar-refractivity contribution in [2.24, 2.45) is 0 Å². The van der Waals surface area contributed by atoms with Crippen LogP contribution in [0.4, 0.5) is 5.82 Å². The van der Waals surface area contributed by atoms with Crippen molar-refractivity contribution in [2.75, 3.05) is 5.73 Å². The molecule has 0 radical (unpaired) electrons. The van der Waals surface area contributed by atoms with E-state index < -0.39 is 0 Å². The van der Waals surface area contributed by atoms with Crippen molar-refractivity contribution in [1.29, 1.82) is 0 Å². The number of hydrogen-bond donors (Lipinski definition) is 1. The number of aromatic nitrogens is 2. The number of hydrogen-bond acceptors (Lipinski definition) is 4. The van der Waals surface area contributed by atoms with Crippen molar-refractivity contribution in [3.05, 3.63) is 41.7 Å². The van der Waals surface area contributed by atoms with Gasteiger partial charge < -0.3 is 10.5 Å². The van der Waals surface area contributed by atoms with Crippen LogP contribution in [0.15, 0.2) is 30.3 Å². The molecule has 1 aromatic carbocycles. The summed E-state index contributed by atoms with van der Waals surface area (Å²) >= 11 is 0. The Morgan fingerprint density at radius 3 is 2.33 bits per heavy atom. The standard InChI is InChI=1S/C17H23N3O/c1-5-6-12-7-9-13(10-8-12)21-15-11-14(18)19-16(20-15)17(2,3)4/h7-11H,5-6H2,1-4H3,(H2,18,19,20). The first kappa shape index (κ1) is 15.3. The average molecular weight is 285 g/mol. The Morgan fingerprint density at radius 2 is 1.76 bits per heavy atom. The van der Waals surface area contributed by atoms with Gasteiger partial charge in [-0.05, 0) is 24.1 Å². The van der Waals surface area contributed by atoms with E-state index in [1.54, 1.807) is 6.07 Å². The highest BCUT2D eigenvalue weighted by Gasteiger charge is 2.19. The molecule has 0 atom stereocenters. The fourth-order valence-electron chi connectivity index (χ4n) is 1.96. The van der Waals surface area contributed by atoms with Gasteiger partial charge in [0.1, 0.15) is 17.4 Å². The Morgan fingerprint density at radius 1 is 1.10 bits per heavy atom. The molecule has 1 heterocycles. The highest BCUT2D eigenvalue weighted by molar-refractivity contribution is 5.37. The third-order valence-corrected chi connectivity index (χ3v) is 3.08. The van der Waals surface area contributed by atoms with E-state index >= 15 is 0 Å². The number of benzene rings is 1. The lowest BCUT2D eigenvalue weighted by Gasteiger charge is -2.17. The molecule has 0 unspecified atom stereocenters. The van der Waals surface area contributed by atoms with Crippen molar-refractivity contribution in [3.8, 4) is 11.6 Å². The Hall–Kier alpha value is -2.10. The van der Waals surface area contributed by atoms with Gasteiger partial charge in [0.05, 0.1) is 0 Å². The van der Waals surface area contributed by atoms with Gasteiger partial charge in [0.2, 0.25) is 5.88 Å². The minimum atomic E-state index is -0.168. The zero-order valence-corrected chi connectivity index (χ0v) is 13.2. The minimum Gasteiger partial charge on any atom is -0.439 e. The van der Waals surface area contributed by atoms with Crippen LogP contribution in [0.5, 0.6) is 11.6 Å². The van der Waals surface area contributed by atoms with Gasteiger partial charge in [-0.2, -0.15) is 4.98 Å². The largest absolute Gasteiger partial charge is 0.439 e. The van der Waals surface area contributed by atoms with E-state index in [0.29, 0.717) is 17.5 Å². The molecule has 112 valence electrons. The van der Waals surface area contributed by atoms with Gasteiger partial charge in [-0.3, -0.25) is 0 Å². The Labute approximate surface area is 126 Å². The first-order chi connectivity index (χ1) is 9.88. The maximum Gasteiger partial charge on any atom is 0.224 e. The lowest BCUT2D eigenvalue weighted by Crippen LogP contribution is -2.17. The van der Waals surface area contributed by atoms with E-state index in [4.69, 9.17) is 10.5 Å². The topological polar surface area (TPSA) is 61.0 Å². The van der Waals surface area contributed by atoms with Gasteiger partial charge in [-0.25, -0.2) is 4.98 Å². The van der Waals surface area contributed by atoms with Crippen molar-refractivity contribution in [3.63, 3.8) is 0 Å². The molecule has 2 rings (SSSR count). The number of nitrogens with two attached hydrogens (primary N) is 1. The van der Waals surface area contributed by atoms with Gasteiger partial charge >= 0.3 is 0 Å². The van der Waals surface area contributed by atoms with Crippen LogP contribution in [0.25, 0.3) is 0 Å². The second kappa shape index (κ2) is 6.12. The van der Waals surface area contributed by atoms with Gasteiger partial charge in [0.25, 0.3) is 0 Å². The van der Waals surface area contributed by atoms with Crippen molar-refractivity contribution < 1.29 is 4.74 Å². The molecule has 0 saturated heterocycles. The summed E-state index contributed by atoms with van der Waals surface area (Å²) in [5.74, 6) is 2.34. The van der Waals surface area contributed by atoms with Crippen LogP contribution in [0.2, 0.25) is 0 Å². The number of rotatable bonds is 4. The zero-order chi connectivity index (χ0) is 15.5. The quantitative estimate of drug-likeness (QED) is 0.918. The molecule has 21 heavy (non-hydrogen) atoms. The lowest BCUT2D eigenvalue weighted by molar-refractivity contribution is 0.446. The molecule has 4 nitrogen and oxygen atoms in total. The van der Waals surface area contributed by atoms with E-state index in [2.05, 4.69) is 29.0 Å². The molecule has 2 N–H and O–H groups in total. The molecule has 1 aromatic heterocycles. The van der Waals surface area contributed by atoms with Crippen molar-refractivity contribution >= 4 is 5.82 Å². The van der Waals surface area contributed by atoms with Crippen LogP contribution < -0.4 is 10.5 Å². The minimum absolute atomic E-state index is 0.168. The van der Waals surface area contributed by atoms with Gasteiger partial charge in [-0.15, -0.1) is 0 Å². The zero-order valence-electron chi connectivity index (χ0n) is 13.2. The van der Waals surface area contributed by atoms with Crippen LogP contribution in [-0.2, 0) is 11.8 Å². The summed E-state index contributed by atoms with van der Waals surface area (Å²) < 4.78 is 5.80. The normalized spacial score (nSPS) is 11.4. The number of anilines is 1. The summed E-state index contributed by atoms with van der Waals surface area (Å²) in [6.45, 7) is 8.31. The third kappa shape index (κ3) is 4.18. The van der Waals surface area contributed by atoms with Crippen LogP contribution in [0.1, 0.15) is 45.5 Å². The highest BCUT2D eigenvalue weighted by atomic mass is 16.5. The van der Waals surface area contributed by atoms with E-state index in [0.717, 1.165) is 18.6 Å². The molecule has 0 spiro atoms. The summed E-state index contributed by atoms with van der Waals surface area (Å²) in [7, 11) is 0. The Bertz CT molecular complexity index is 600. The second-order valence-corrected chi connectivity index (χ2v) is 6.20. The fourth-order valence-corrected chi connectivity index (χ4v) is 1.96. The predicted octanol–water partition coefficient (Wildman–Crippen LogP) is 4.10. The average Bonchev–Trinajstić information content (AvgIpc) is 2.40. The van der Waals surface area contributed by atoms with Gasteiger partial charge in [0, 0.05) is 11.5 Å². The van der Waals surface area contributed by atoms with Crippen LogP contribution in [-0.4, -0.2) is 9.97 Å². The Kier molecular flexibility index (Phi) is 4.46. The SMILES string of the molecule is CCCc1ccc(Oc2cc(N)nc(C(C)(C)C)n2)cc1. The Balaban J connectivity index is 2.21. The number of ether oxygens (including phenoxy) is 1. The number of nitrogen functional groups attached to an aromatic ring is 1. The molecular formula is C17H23N3O. The first-order valence-corrected chi connectivity index (χ1v) is 7.30. The smallest absolute Gasteiger partial charge is 0.224 e.